The van der Waals surface area contributed by atoms with Crippen LogP contribution in [0.2, 0.25) is 0 Å². The summed E-state index contributed by atoms with van der Waals surface area (Å²) in [4.78, 5) is 20.0. The van der Waals surface area contributed by atoms with Gasteiger partial charge in [-0.3, -0.25) is 9.20 Å². The Hall–Kier alpha value is -2.45. The molecule has 1 aromatic carbocycles. The first-order valence-electron chi connectivity index (χ1n) is 10.3. The van der Waals surface area contributed by atoms with Crippen LogP contribution in [0.4, 0.5) is 5.69 Å². The second-order valence-electron chi connectivity index (χ2n) is 7.57. The summed E-state index contributed by atoms with van der Waals surface area (Å²) in [5.74, 6) is 1.17. The number of nitrogens with one attached hydrogen (secondary N) is 1. The van der Waals surface area contributed by atoms with Crippen LogP contribution in [-0.2, 0) is 24.1 Å². The van der Waals surface area contributed by atoms with Gasteiger partial charge in [0.05, 0.1) is 11.1 Å². The SMILES string of the molecule is CCc1nc2sc3c(c2c2nnc(SCC(=O)Nc4ccccc4C)n12)CCCC3. The number of nitrogens with zero attached hydrogens (tertiary/aromatic N) is 4. The Kier molecular flexibility index (Phi) is 5.20. The maximum Gasteiger partial charge on any atom is 0.234 e. The largest absolute Gasteiger partial charge is 0.325 e. The molecule has 0 radical (unpaired) electrons. The van der Waals surface area contributed by atoms with Crippen LogP contribution >= 0.6 is 23.1 Å². The second kappa shape index (κ2) is 8.00. The molecule has 1 amide bonds. The molecular formula is C22H23N5OS2. The second-order valence-corrected chi connectivity index (χ2v) is 9.59. The average molecular weight is 438 g/mol. The van der Waals surface area contributed by atoms with E-state index in [0.29, 0.717) is 0 Å². The fraction of sp³-hybridized carbons (Fsp3) is 0.364. The molecule has 8 heteroatoms. The zero-order valence-electron chi connectivity index (χ0n) is 17.1. The van der Waals surface area contributed by atoms with E-state index < -0.39 is 0 Å². The van der Waals surface area contributed by atoms with Crippen LogP contribution in [0.5, 0.6) is 0 Å². The highest BCUT2D eigenvalue weighted by Gasteiger charge is 2.23. The Morgan fingerprint density at radius 2 is 2.07 bits per heavy atom. The molecule has 0 aliphatic heterocycles. The molecule has 0 saturated heterocycles. The van der Waals surface area contributed by atoms with Crippen LogP contribution in [0, 0.1) is 6.92 Å². The molecule has 1 N–H and O–H groups in total. The van der Waals surface area contributed by atoms with Crippen molar-refractivity contribution in [3.8, 4) is 0 Å². The Balaban J connectivity index is 1.46. The molecule has 0 unspecified atom stereocenters. The Morgan fingerprint density at radius 3 is 2.90 bits per heavy atom. The van der Waals surface area contributed by atoms with Crippen molar-refractivity contribution in [2.24, 2.45) is 0 Å². The minimum atomic E-state index is -0.0500. The number of rotatable bonds is 5. The van der Waals surface area contributed by atoms with Crippen molar-refractivity contribution in [3.05, 3.63) is 46.1 Å². The number of carbonyl (C=O) groups is 1. The summed E-state index contributed by atoms with van der Waals surface area (Å²) in [6, 6.07) is 7.79. The highest BCUT2D eigenvalue weighted by molar-refractivity contribution is 7.99. The first-order valence-corrected chi connectivity index (χ1v) is 12.1. The average Bonchev–Trinajstić information content (AvgIpc) is 3.34. The van der Waals surface area contributed by atoms with Gasteiger partial charge in [0, 0.05) is 17.0 Å². The van der Waals surface area contributed by atoms with Crippen LogP contribution in [0.25, 0.3) is 15.9 Å². The van der Waals surface area contributed by atoms with E-state index in [-0.39, 0.29) is 11.7 Å². The molecule has 3 heterocycles. The molecule has 0 saturated carbocycles. The summed E-state index contributed by atoms with van der Waals surface area (Å²) in [6.45, 7) is 4.08. The van der Waals surface area contributed by atoms with Gasteiger partial charge in [-0.15, -0.1) is 21.5 Å². The number of para-hydroxylation sites is 1. The highest BCUT2D eigenvalue weighted by atomic mass is 32.2. The first kappa shape index (κ1) is 19.5. The Morgan fingerprint density at radius 1 is 1.23 bits per heavy atom. The van der Waals surface area contributed by atoms with E-state index in [2.05, 4.69) is 26.8 Å². The summed E-state index contributed by atoms with van der Waals surface area (Å²) in [5.41, 5.74) is 4.18. The van der Waals surface area contributed by atoms with Crippen molar-refractivity contribution in [2.75, 3.05) is 11.1 Å². The molecule has 1 aliphatic carbocycles. The van der Waals surface area contributed by atoms with Gasteiger partial charge in [0.15, 0.2) is 10.8 Å². The van der Waals surface area contributed by atoms with Crippen molar-refractivity contribution in [2.45, 2.75) is 51.1 Å². The number of thiophene rings is 1. The van der Waals surface area contributed by atoms with E-state index >= 15 is 0 Å². The summed E-state index contributed by atoms with van der Waals surface area (Å²) >= 11 is 3.22. The van der Waals surface area contributed by atoms with Crippen LogP contribution in [0.15, 0.2) is 29.4 Å². The third-order valence-electron chi connectivity index (χ3n) is 5.57. The first-order chi connectivity index (χ1) is 14.7. The number of carbonyl (C=O) groups excluding carboxylic acids is 1. The molecule has 0 fully saturated rings. The Bertz CT molecular complexity index is 1260. The molecular weight excluding hydrogens is 414 g/mol. The number of thioether (sulfide) groups is 1. The zero-order chi connectivity index (χ0) is 20.7. The molecule has 0 atom stereocenters. The van der Waals surface area contributed by atoms with Gasteiger partial charge in [0.1, 0.15) is 10.7 Å². The lowest BCUT2D eigenvalue weighted by molar-refractivity contribution is -0.113. The number of hydrogen-bond acceptors (Lipinski definition) is 6. The van der Waals surface area contributed by atoms with E-state index in [1.165, 1.54) is 35.0 Å². The van der Waals surface area contributed by atoms with Crippen molar-refractivity contribution >= 4 is 50.6 Å². The number of benzene rings is 1. The summed E-state index contributed by atoms with van der Waals surface area (Å²) < 4.78 is 2.05. The molecule has 5 rings (SSSR count). The monoisotopic (exact) mass is 437 g/mol. The number of anilines is 1. The fourth-order valence-corrected chi connectivity index (χ4v) is 6.08. The molecule has 0 bridgehead atoms. The molecule has 154 valence electrons. The van der Waals surface area contributed by atoms with Gasteiger partial charge in [-0.1, -0.05) is 36.9 Å². The maximum absolute atomic E-state index is 12.5. The van der Waals surface area contributed by atoms with Crippen LogP contribution < -0.4 is 5.32 Å². The van der Waals surface area contributed by atoms with Gasteiger partial charge in [-0.25, -0.2) is 4.98 Å². The van der Waals surface area contributed by atoms with Gasteiger partial charge in [0.25, 0.3) is 0 Å². The van der Waals surface area contributed by atoms with E-state index in [1.54, 1.807) is 0 Å². The van der Waals surface area contributed by atoms with Gasteiger partial charge in [-0.05, 0) is 49.8 Å². The molecule has 30 heavy (non-hydrogen) atoms. The van der Waals surface area contributed by atoms with Gasteiger partial charge in [0.2, 0.25) is 5.91 Å². The summed E-state index contributed by atoms with van der Waals surface area (Å²) in [6.07, 6.45) is 5.48. The predicted octanol–water partition coefficient (Wildman–Crippen LogP) is 4.82. The third kappa shape index (κ3) is 3.37. The normalized spacial score (nSPS) is 13.7. The van der Waals surface area contributed by atoms with E-state index in [9.17, 15) is 4.79 Å². The van der Waals surface area contributed by atoms with Crippen LogP contribution in [-0.4, -0.2) is 31.2 Å². The highest BCUT2D eigenvalue weighted by Crippen LogP contribution is 2.38. The Labute approximate surface area is 183 Å². The smallest absolute Gasteiger partial charge is 0.234 e. The molecule has 1 aliphatic rings. The number of fused-ring (bicyclic) bond motifs is 5. The standard InChI is InChI=1S/C22H23N5OS2/c1-3-17-24-21-19(14-9-5-7-11-16(14)30-21)20-25-26-22(27(17)20)29-12-18(28)23-15-10-6-4-8-13(15)2/h4,6,8,10H,3,5,7,9,11-12H2,1-2H3,(H,23,28). The molecule has 3 aromatic heterocycles. The minimum Gasteiger partial charge on any atom is -0.325 e. The summed E-state index contributed by atoms with van der Waals surface area (Å²) in [5, 5.41) is 13.9. The fourth-order valence-electron chi connectivity index (χ4n) is 4.05. The molecule has 4 aromatic rings. The lowest BCUT2D eigenvalue weighted by Crippen LogP contribution is -2.15. The van der Waals surface area contributed by atoms with E-state index in [0.717, 1.165) is 57.4 Å². The summed E-state index contributed by atoms with van der Waals surface area (Å²) in [7, 11) is 0. The third-order valence-corrected chi connectivity index (χ3v) is 7.68. The van der Waals surface area contributed by atoms with Gasteiger partial charge >= 0.3 is 0 Å². The van der Waals surface area contributed by atoms with Crippen molar-refractivity contribution in [1.29, 1.82) is 0 Å². The molecule has 6 nitrogen and oxygen atoms in total. The maximum atomic E-state index is 12.5. The van der Waals surface area contributed by atoms with Crippen molar-refractivity contribution in [3.63, 3.8) is 0 Å². The van der Waals surface area contributed by atoms with Crippen LogP contribution in [0.1, 0.15) is 41.6 Å². The number of aryl methyl sites for hydroxylation is 4. The van der Waals surface area contributed by atoms with E-state index in [4.69, 9.17) is 4.98 Å². The number of amides is 1. The number of hydrogen-bond donors (Lipinski definition) is 1. The lowest BCUT2D eigenvalue weighted by atomic mass is 9.97. The molecule has 0 spiro atoms. The van der Waals surface area contributed by atoms with Crippen molar-refractivity contribution < 1.29 is 4.79 Å². The van der Waals surface area contributed by atoms with E-state index in [1.807, 2.05) is 42.5 Å². The quantitative estimate of drug-likeness (QED) is 0.453. The predicted molar refractivity (Wildman–Crippen MR) is 123 cm³/mol. The lowest BCUT2D eigenvalue weighted by Gasteiger charge is -2.11. The van der Waals surface area contributed by atoms with Gasteiger partial charge < -0.3 is 5.32 Å². The topological polar surface area (TPSA) is 72.2 Å². The zero-order valence-corrected chi connectivity index (χ0v) is 18.7. The van der Waals surface area contributed by atoms with Crippen LogP contribution in [0.3, 0.4) is 0 Å². The number of aromatic nitrogens is 4. The minimum absolute atomic E-state index is 0.0500. The van der Waals surface area contributed by atoms with Gasteiger partial charge in [-0.2, -0.15) is 0 Å². The van der Waals surface area contributed by atoms with Crippen molar-refractivity contribution in [1.82, 2.24) is 19.6 Å².